The number of amides is 1. The zero-order valence-electron chi connectivity index (χ0n) is 18.0. The Labute approximate surface area is 198 Å². The summed E-state index contributed by atoms with van der Waals surface area (Å²) in [5.74, 6) is -3.35. The zero-order chi connectivity index (χ0) is 24.4. The van der Waals surface area contributed by atoms with Crippen molar-refractivity contribution in [1.82, 2.24) is 4.98 Å². The van der Waals surface area contributed by atoms with Gasteiger partial charge in [-0.3, -0.25) is 14.5 Å². The van der Waals surface area contributed by atoms with Crippen LogP contribution in [0.5, 0.6) is 0 Å². The van der Waals surface area contributed by atoms with Gasteiger partial charge in [0.15, 0.2) is 5.13 Å². The van der Waals surface area contributed by atoms with Gasteiger partial charge in [-0.25, -0.2) is 14.2 Å². The SMILES string of the molecule is C=CCOC(=O)c1sc(N2C(=O)C(=O)/C(=C(/O)c3ccccc3)C2c2ccc(F)cc2)nc1C. The van der Waals surface area contributed by atoms with Crippen LogP contribution in [0.2, 0.25) is 0 Å². The van der Waals surface area contributed by atoms with Gasteiger partial charge in [0.1, 0.15) is 23.1 Å². The molecular weight excluding hydrogens is 459 g/mol. The number of carbonyl (C=O) groups excluding carboxylic acids is 3. The van der Waals surface area contributed by atoms with Crippen LogP contribution in [-0.2, 0) is 14.3 Å². The molecule has 2 aromatic carbocycles. The van der Waals surface area contributed by atoms with E-state index in [4.69, 9.17) is 4.74 Å². The molecule has 7 nitrogen and oxygen atoms in total. The minimum atomic E-state index is -1.08. The van der Waals surface area contributed by atoms with E-state index in [0.29, 0.717) is 16.8 Å². The first-order valence-electron chi connectivity index (χ1n) is 10.2. The number of thiazole rings is 1. The van der Waals surface area contributed by atoms with E-state index in [-0.39, 0.29) is 27.9 Å². The number of hydrogen-bond acceptors (Lipinski definition) is 7. The molecule has 0 radical (unpaired) electrons. The lowest BCUT2D eigenvalue weighted by molar-refractivity contribution is -0.132. The van der Waals surface area contributed by atoms with Crippen molar-refractivity contribution in [3.8, 4) is 0 Å². The van der Waals surface area contributed by atoms with Gasteiger partial charge < -0.3 is 9.84 Å². The van der Waals surface area contributed by atoms with Crippen LogP contribution in [0, 0.1) is 12.7 Å². The molecule has 0 bridgehead atoms. The molecule has 1 fully saturated rings. The summed E-state index contributed by atoms with van der Waals surface area (Å²) in [5.41, 5.74) is 0.890. The summed E-state index contributed by atoms with van der Waals surface area (Å²) in [6.45, 7) is 5.08. The lowest BCUT2D eigenvalue weighted by Gasteiger charge is -2.23. The molecular formula is C25H19FN2O5S. The molecule has 0 saturated carbocycles. The highest BCUT2D eigenvalue weighted by Crippen LogP contribution is 2.43. The lowest BCUT2D eigenvalue weighted by Crippen LogP contribution is -2.29. The van der Waals surface area contributed by atoms with Crippen molar-refractivity contribution in [2.24, 2.45) is 0 Å². The molecule has 1 N–H and O–H groups in total. The third-order valence-electron chi connectivity index (χ3n) is 5.19. The fourth-order valence-corrected chi connectivity index (χ4v) is 4.60. The van der Waals surface area contributed by atoms with E-state index in [0.717, 1.165) is 16.2 Å². The summed E-state index contributed by atoms with van der Waals surface area (Å²) >= 11 is 0.887. The number of aliphatic hydroxyl groups is 1. The Kier molecular flexibility index (Phi) is 6.38. The van der Waals surface area contributed by atoms with E-state index in [1.165, 1.54) is 30.3 Å². The first-order chi connectivity index (χ1) is 16.3. The molecule has 1 amide bonds. The maximum absolute atomic E-state index is 13.6. The number of nitrogens with zero attached hydrogens (tertiary/aromatic N) is 2. The maximum Gasteiger partial charge on any atom is 0.350 e. The van der Waals surface area contributed by atoms with Crippen molar-refractivity contribution in [2.75, 3.05) is 11.5 Å². The number of aryl methyl sites for hydroxylation is 1. The molecule has 34 heavy (non-hydrogen) atoms. The van der Waals surface area contributed by atoms with E-state index < -0.39 is 29.5 Å². The predicted octanol–water partition coefficient (Wildman–Crippen LogP) is 4.56. The largest absolute Gasteiger partial charge is 0.507 e. The fourth-order valence-electron chi connectivity index (χ4n) is 3.62. The van der Waals surface area contributed by atoms with Gasteiger partial charge in [0.25, 0.3) is 5.78 Å². The molecule has 172 valence electrons. The average Bonchev–Trinajstić information content (AvgIpc) is 3.35. The van der Waals surface area contributed by atoms with Crippen molar-refractivity contribution in [1.29, 1.82) is 0 Å². The van der Waals surface area contributed by atoms with Crippen molar-refractivity contribution in [2.45, 2.75) is 13.0 Å². The molecule has 3 aromatic rings. The average molecular weight is 479 g/mol. The summed E-state index contributed by atoms with van der Waals surface area (Å²) in [5, 5.41) is 11.1. The van der Waals surface area contributed by atoms with Gasteiger partial charge in [-0.1, -0.05) is 66.5 Å². The standard InChI is InChI=1S/C25H19FN2O5S/c1-3-13-33-24(32)22-14(2)27-25(34-22)28-19(15-9-11-17(26)12-10-15)18(21(30)23(28)31)20(29)16-7-5-4-6-8-16/h3-12,19,29H,1,13H2,2H3/b20-18+. The molecule has 1 aromatic heterocycles. The highest BCUT2D eigenvalue weighted by Gasteiger charge is 2.48. The molecule has 9 heteroatoms. The smallest absolute Gasteiger partial charge is 0.350 e. The molecule has 0 spiro atoms. The Bertz CT molecular complexity index is 1310. The third kappa shape index (κ3) is 4.13. The second-order valence-electron chi connectivity index (χ2n) is 7.38. The summed E-state index contributed by atoms with van der Waals surface area (Å²) in [6.07, 6.45) is 1.42. The minimum Gasteiger partial charge on any atom is -0.507 e. The number of ether oxygens (including phenoxy) is 1. The molecule has 1 aliphatic rings. The van der Waals surface area contributed by atoms with Crippen LogP contribution in [0.4, 0.5) is 9.52 Å². The molecule has 1 atom stereocenters. The van der Waals surface area contributed by atoms with Crippen molar-refractivity contribution in [3.05, 3.63) is 100 Å². The lowest BCUT2D eigenvalue weighted by atomic mass is 9.95. The van der Waals surface area contributed by atoms with Gasteiger partial charge in [-0.05, 0) is 24.6 Å². The number of aliphatic hydroxyl groups excluding tert-OH is 1. The fraction of sp³-hybridized carbons (Fsp3) is 0.120. The Hall–Kier alpha value is -4.11. The molecule has 4 rings (SSSR count). The van der Waals surface area contributed by atoms with Crippen LogP contribution in [0.15, 0.2) is 72.8 Å². The second kappa shape index (κ2) is 9.40. The Morgan fingerprint density at radius 3 is 2.53 bits per heavy atom. The van der Waals surface area contributed by atoms with Crippen LogP contribution in [-0.4, -0.2) is 34.4 Å². The Balaban J connectivity index is 1.88. The maximum atomic E-state index is 13.6. The van der Waals surface area contributed by atoms with Gasteiger partial charge in [-0.15, -0.1) is 0 Å². The van der Waals surface area contributed by atoms with Crippen LogP contribution >= 0.6 is 11.3 Å². The van der Waals surface area contributed by atoms with Gasteiger partial charge >= 0.3 is 11.9 Å². The van der Waals surface area contributed by atoms with Crippen molar-refractivity contribution in [3.63, 3.8) is 0 Å². The quantitative estimate of drug-likeness (QED) is 0.183. The van der Waals surface area contributed by atoms with Gasteiger partial charge in [-0.2, -0.15) is 0 Å². The number of esters is 1. The number of benzene rings is 2. The number of hydrogen-bond donors (Lipinski definition) is 1. The second-order valence-corrected chi connectivity index (χ2v) is 8.36. The van der Waals surface area contributed by atoms with Gasteiger partial charge in [0, 0.05) is 5.56 Å². The highest BCUT2D eigenvalue weighted by atomic mass is 32.1. The van der Waals surface area contributed by atoms with E-state index in [9.17, 15) is 23.9 Å². The summed E-state index contributed by atoms with van der Waals surface area (Å²) < 4.78 is 18.7. The summed E-state index contributed by atoms with van der Waals surface area (Å²) in [4.78, 5) is 44.3. The number of anilines is 1. The highest BCUT2D eigenvalue weighted by molar-refractivity contribution is 7.17. The molecule has 1 aliphatic heterocycles. The zero-order valence-corrected chi connectivity index (χ0v) is 18.8. The summed E-state index contributed by atoms with van der Waals surface area (Å²) in [7, 11) is 0. The molecule has 1 saturated heterocycles. The van der Waals surface area contributed by atoms with Crippen LogP contribution < -0.4 is 4.90 Å². The van der Waals surface area contributed by atoms with E-state index in [1.54, 1.807) is 37.3 Å². The Morgan fingerprint density at radius 1 is 1.21 bits per heavy atom. The first-order valence-corrected chi connectivity index (χ1v) is 11.0. The number of rotatable bonds is 6. The van der Waals surface area contributed by atoms with E-state index in [2.05, 4.69) is 11.6 Å². The van der Waals surface area contributed by atoms with Gasteiger partial charge in [0.2, 0.25) is 0 Å². The topological polar surface area (TPSA) is 96.8 Å². The predicted molar refractivity (Wildman–Crippen MR) is 125 cm³/mol. The first kappa shape index (κ1) is 23.1. The van der Waals surface area contributed by atoms with Gasteiger partial charge in [0.05, 0.1) is 17.3 Å². The van der Waals surface area contributed by atoms with Crippen LogP contribution in [0.3, 0.4) is 0 Å². The normalized spacial score (nSPS) is 17.1. The number of carbonyl (C=O) groups is 3. The minimum absolute atomic E-state index is 0.00265. The number of Topliss-reactive ketones (excluding diaryl/α,β-unsaturated/α-hetero) is 1. The molecule has 0 aliphatic carbocycles. The van der Waals surface area contributed by atoms with Crippen LogP contribution in [0.25, 0.3) is 5.76 Å². The summed E-state index contributed by atoms with van der Waals surface area (Å²) in [6, 6.07) is 12.5. The number of halogens is 1. The third-order valence-corrected chi connectivity index (χ3v) is 6.32. The molecule has 1 unspecified atom stereocenters. The molecule has 2 heterocycles. The number of ketones is 1. The monoisotopic (exact) mass is 478 g/mol. The van der Waals surface area contributed by atoms with Crippen molar-refractivity contribution >= 4 is 39.9 Å². The number of aromatic nitrogens is 1. The van der Waals surface area contributed by atoms with E-state index >= 15 is 0 Å². The van der Waals surface area contributed by atoms with Crippen LogP contribution in [0.1, 0.15) is 32.5 Å². The van der Waals surface area contributed by atoms with Crippen molar-refractivity contribution < 1.29 is 28.6 Å². The van der Waals surface area contributed by atoms with E-state index in [1.807, 2.05) is 0 Å². The Morgan fingerprint density at radius 2 is 1.88 bits per heavy atom.